The maximum Gasteiger partial charge on any atom is 0.356 e. The predicted molar refractivity (Wildman–Crippen MR) is 92.0 cm³/mol. The topological polar surface area (TPSA) is 105 Å². The van der Waals surface area contributed by atoms with Crippen LogP contribution >= 0.6 is 0 Å². The number of aryl methyl sites for hydroxylation is 2. The van der Waals surface area contributed by atoms with Crippen LogP contribution in [0.25, 0.3) is 0 Å². The van der Waals surface area contributed by atoms with Gasteiger partial charge in [0.25, 0.3) is 5.91 Å². The monoisotopic (exact) mass is 359 g/mol. The normalized spacial score (nSPS) is 14.7. The van der Waals surface area contributed by atoms with Crippen molar-refractivity contribution in [3.05, 3.63) is 46.8 Å². The molecule has 0 fully saturated rings. The number of aliphatic hydroxyl groups excluding tert-OH is 1. The van der Waals surface area contributed by atoms with Gasteiger partial charge in [0.05, 0.1) is 0 Å². The number of carboxylic acids is 1. The van der Waals surface area contributed by atoms with Crippen LogP contribution < -0.4 is 4.74 Å². The fraction of sp³-hybridized carbons (Fsp3) is 0.389. The fourth-order valence-corrected chi connectivity index (χ4v) is 3.12. The van der Waals surface area contributed by atoms with E-state index in [-0.39, 0.29) is 18.8 Å². The minimum Gasteiger partial charge on any atom is -0.490 e. The minimum atomic E-state index is -1.32. The van der Waals surface area contributed by atoms with E-state index in [4.69, 9.17) is 4.74 Å². The molecular formula is C18H21N3O5. The highest BCUT2D eigenvalue weighted by Gasteiger charge is 2.31. The van der Waals surface area contributed by atoms with Gasteiger partial charge in [0.1, 0.15) is 12.4 Å². The first-order valence-corrected chi connectivity index (χ1v) is 8.31. The van der Waals surface area contributed by atoms with Crippen molar-refractivity contribution in [3.63, 3.8) is 0 Å². The van der Waals surface area contributed by atoms with Crippen molar-refractivity contribution in [2.45, 2.75) is 26.0 Å². The molecular weight excluding hydrogens is 338 g/mol. The Balaban J connectivity index is 1.67. The molecule has 1 atom stereocenters. The average molecular weight is 359 g/mol. The predicted octanol–water partition coefficient (Wildman–Crippen LogP) is 0.751. The Bertz CT molecular complexity index is 845. The van der Waals surface area contributed by atoms with Crippen LogP contribution in [0.2, 0.25) is 0 Å². The maximum atomic E-state index is 12.5. The van der Waals surface area contributed by atoms with Crippen molar-refractivity contribution in [2.75, 3.05) is 13.2 Å². The molecule has 26 heavy (non-hydrogen) atoms. The largest absolute Gasteiger partial charge is 0.490 e. The van der Waals surface area contributed by atoms with Gasteiger partial charge in [-0.25, -0.2) is 4.79 Å². The number of aliphatic hydroxyl groups is 1. The molecule has 0 bridgehead atoms. The van der Waals surface area contributed by atoms with Gasteiger partial charge in [-0.3, -0.25) is 9.48 Å². The van der Waals surface area contributed by atoms with Crippen molar-refractivity contribution in [1.82, 2.24) is 14.7 Å². The number of para-hydroxylation sites is 1. The van der Waals surface area contributed by atoms with Crippen molar-refractivity contribution >= 4 is 11.9 Å². The number of ether oxygens (including phenoxy) is 1. The van der Waals surface area contributed by atoms with Crippen molar-refractivity contribution < 1.29 is 24.5 Å². The van der Waals surface area contributed by atoms with Crippen LogP contribution in [0.1, 0.15) is 27.3 Å². The lowest BCUT2D eigenvalue weighted by atomic mass is 10.0. The second kappa shape index (κ2) is 7.17. The zero-order chi connectivity index (χ0) is 18.8. The Morgan fingerprint density at radius 3 is 2.77 bits per heavy atom. The number of amides is 1. The van der Waals surface area contributed by atoms with Crippen molar-refractivity contribution in [2.24, 2.45) is 7.05 Å². The highest BCUT2D eigenvalue weighted by atomic mass is 16.5. The molecule has 1 amide bonds. The number of carbonyl (C=O) groups is 2. The molecule has 2 aromatic rings. The number of hydrogen-bond acceptors (Lipinski definition) is 5. The lowest BCUT2D eigenvalue weighted by Crippen LogP contribution is -2.44. The van der Waals surface area contributed by atoms with Crippen molar-refractivity contribution in [1.29, 1.82) is 0 Å². The lowest BCUT2D eigenvalue weighted by molar-refractivity contribution is -0.142. The van der Waals surface area contributed by atoms with Gasteiger partial charge in [-0.15, -0.1) is 0 Å². The van der Waals surface area contributed by atoms with Gasteiger partial charge in [0, 0.05) is 37.8 Å². The van der Waals surface area contributed by atoms with Crippen LogP contribution in [0.5, 0.6) is 5.75 Å². The number of benzene rings is 1. The number of nitrogens with zero attached hydrogens (tertiary/aromatic N) is 3. The molecule has 0 spiro atoms. The highest BCUT2D eigenvalue weighted by molar-refractivity contribution is 5.88. The van der Waals surface area contributed by atoms with E-state index in [9.17, 15) is 19.8 Å². The highest BCUT2D eigenvalue weighted by Crippen LogP contribution is 2.23. The third kappa shape index (κ3) is 3.41. The fourth-order valence-electron chi connectivity index (χ4n) is 3.12. The van der Waals surface area contributed by atoms with Crippen LogP contribution in [-0.4, -0.2) is 56.0 Å². The van der Waals surface area contributed by atoms with Crippen LogP contribution in [0, 0.1) is 6.92 Å². The zero-order valence-electron chi connectivity index (χ0n) is 14.7. The number of aromatic nitrogens is 2. The summed E-state index contributed by atoms with van der Waals surface area (Å²) in [5, 5.41) is 23.5. The first kappa shape index (κ1) is 17.9. The molecule has 1 aliphatic heterocycles. The van der Waals surface area contributed by atoms with E-state index < -0.39 is 18.0 Å². The Morgan fingerprint density at radius 1 is 1.35 bits per heavy atom. The summed E-state index contributed by atoms with van der Waals surface area (Å²) in [6, 6.07) is 7.35. The quantitative estimate of drug-likeness (QED) is 0.816. The van der Waals surface area contributed by atoms with Crippen LogP contribution in [0.3, 0.4) is 0 Å². The molecule has 2 heterocycles. The molecule has 2 N–H and O–H groups in total. The summed E-state index contributed by atoms with van der Waals surface area (Å²) in [4.78, 5) is 25.3. The molecule has 8 heteroatoms. The molecule has 0 saturated carbocycles. The van der Waals surface area contributed by atoms with Gasteiger partial charge in [0.15, 0.2) is 11.8 Å². The number of rotatable bonds is 5. The van der Waals surface area contributed by atoms with Crippen LogP contribution in [-0.2, 0) is 24.8 Å². The molecule has 1 aromatic heterocycles. The molecule has 0 aliphatic carbocycles. The van der Waals surface area contributed by atoms with E-state index in [1.165, 1.54) is 4.90 Å². The molecule has 8 nitrogen and oxygen atoms in total. The van der Waals surface area contributed by atoms with E-state index in [1.807, 2.05) is 25.1 Å². The van der Waals surface area contributed by atoms with Gasteiger partial charge in [0.2, 0.25) is 0 Å². The number of aromatic carboxylic acids is 1. The van der Waals surface area contributed by atoms with E-state index in [0.29, 0.717) is 24.3 Å². The maximum absolute atomic E-state index is 12.5. The van der Waals surface area contributed by atoms with Crippen molar-refractivity contribution in [3.8, 4) is 5.75 Å². The van der Waals surface area contributed by atoms with Gasteiger partial charge in [-0.2, -0.15) is 5.10 Å². The number of carbonyl (C=O) groups excluding carboxylic acids is 1. The van der Waals surface area contributed by atoms with Gasteiger partial charge < -0.3 is 19.8 Å². The van der Waals surface area contributed by atoms with Crippen LogP contribution in [0.4, 0.5) is 0 Å². The summed E-state index contributed by atoms with van der Waals surface area (Å²) < 4.78 is 7.08. The summed E-state index contributed by atoms with van der Waals surface area (Å²) in [6.07, 6.45) is -0.829. The second-order valence-electron chi connectivity index (χ2n) is 6.30. The van der Waals surface area contributed by atoms with Gasteiger partial charge >= 0.3 is 5.97 Å². The lowest BCUT2D eigenvalue weighted by Gasteiger charge is -2.29. The summed E-state index contributed by atoms with van der Waals surface area (Å²) in [5.41, 5.74) is 2.19. The third-order valence-corrected chi connectivity index (χ3v) is 4.53. The smallest absolute Gasteiger partial charge is 0.356 e. The Labute approximate surface area is 150 Å². The number of hydrogen-bond donors (Lipinski definition) is 2. The Morgan fingerprint density at radius 2 is 2.08 bits per heavy atom. The Hall–Kier alpha value is -2.87. The second-order valence-corrected chi connectivity index (χ2v) is 6.30. The SMILES string of the molecule is Cc1ccccc1OC[C@H](O)C(=O)N1CCc2c(c(C(=O)O)nn2C)C1. The zero-order valence-corrected chi connectivity index (χ0v) is 14.7. The summed E-state index contributed by atoms with van der Waals surface area (Å²) in [5.74, 6) is -0.996. The molecule has 138 valence electrons. The van der Waals surface area contributed by atoms with Gasteiger partial charge in [-0.1, -0.05) is 18.2 Å². The summed E-state index contributed by atoms with van der Waals surface area (Å²) in [6.45, 7) is 2.23. The van der Waals surface area contributed by atoms with Gasteiger partial charge in [-0.05, 0) is 18.6 Å². The summed E-state index contributed by atoms with van der Waals surface area (Å²) >= 11 is 0. The van der Waals surface area contributed by atoms with E-state index in [1.54, 1.807) is 17.8 Å². The molecule has 0 radical (unpaired) electrons. The molecule has 3 rings (SSSR count). The Kier molecular flexibility index (Phi) is 4.94. The average Bonchev–Trinajstić information content (AvgIpc) is 2.96. The van der Waals surface area contributed by atoms with Crippen LogP contribution in [0.15, 0.2) is 24.3 Å². The molecule has 1 aromatic carbocycles. The third-order valence-electron chi connectivity index (χ3n) is 4.53. The first-order chi connectivity index (χ1) is 12.4. The van der Waals surface area contributed by atoms with E-state index in [2.05, 4.69) is 5.10 Å². The minimum absolute atomic E-state index is 0.0503. The molecule has 0 unspecified atom stereocenters. The summed E-state index contributed by atoms with van der Waals surface area (Å²) in [7, 11) is 1.69. The first-order valence-electron chi connectivity index (χ1n) is 8.31. The standard InChI is InChI=1S/C18H21N3O5/c1-11-5-3-4-6-15(11)26-10-14(22)17(23)21-8-7-13-12(9-21)16(18(24)25)19-20(13)2/h3-6,14,22H,7-10H2,1-2H3,(H,24,25)/t14-/m0/s1. The molecule has 1 aliphatic rings. The van der Waals surface area contributed by atoms with E-state index in [0.717, 1.165) is 11.3 Å². The number of carboxylic acid groups (broad SMARTS) is 1. The molecule has 0 saturated heterocycles. The van der Waals surface area contributed by atoms with E-state index >= 15 is 0 Å². The number of fused-ring (bicyclic) bond motifs is 1.